The first kappa shape index (κ1) is 18.8. The van der Waals surface area contributed by atoms with Crippen molar-refractivity contribution in [1.29, 1.82) is 0 Å². The van der Waals surface area contributed by atoms with Crippen molar-refractivity contribution < 1.29 is 4.74 Å². The topological polar surface area (TPSA) is 32.0 Å². The minimum absolute atomic E-state index is 0.769. The van der Waals surface area contributed by atoms with Gasteiger partial charge in [0, 0.05) is 18.0 Å². The molecule has 0 saturated carbocycles. The Labute approximate surface area is 161 Å². The summed E-state index contributed by atoms with van der Waals surface area (Å²) in [7, 11) is 1.71. The van der Waals surface area contributed by atoms with Gasteiger partial charge in [0.2, 0.25) is 0 Å². The van der Waals surface area contributed by atoms with E-state index in [2.05, 4.69) is 72.4 Å². The van der Waals surface area contributed by atoms with Crippen LogP contribution >= 0.6 is 0 Å². The fourth-order valence-corrected chi connectivity index (χ4v) is 3.25. The smallest absolute Gasteiger partial charge is 0.151 e. The Balaban J connectivity index is 1.89. The van der Waals surface area contributed by atoms with Crippen molar-refractivity contribution in [3.8, 4) is 11.6 Å². The number of aryl methyl sites for hydroxylation is 2. The van der Waals surface area contributed by atoms with E-state index in [4.69, 9.17) is 9.72 Å². The van der Waals surface area contributed by atoms with Gasteiger partial charge in [-0.1, -0.05) is 37.8 Å². The van der Waals surface area contributed by atoms with Crippen LogP contribution in [0.1, 0.15) is 36.2 Å². The van der Waals surface area contributed by atoms with E-state index < -0.39 is 0 Å². The number of nitrogens with zero attached hydrogens (tertiary/aromatic N) is 3. The number of allylic oxidation sites excluding steroid dienone is 3. The fourth-order valence-electron chi connectivity index (χ4n) is 3.25. The number of hydrogen-bond acceptors (Lipinski definition) is 2. The molecule has 4 nitrogen and oxygen atoms in total. The third kappa shape index (κ3) is 3.75. The lowest BCUT2D eigenvalue weighted by Gasteiger charge is -2.22. The Bertz CT molecular complexity index is 975. The van der Waals surface area contributed by atoms with Crippen LogP contribution in [-0.4, -0.2) is 21.5 Å². The van der Waals surface area contributed by atoms with Crippen molar-refractivity contribution in [2.75, 3.05) is 7.11 Å². The zero-order chi connectivity index (χ0) is 19.4. The molecule has 4 heteroatoms. The van der Waals surface area contributed by atoms with Crippen molar-refractivity contribution in [3.63, 3.8) is 0 Å². The number of hydrogen-bond donors (Lipinski definition) is 0. The predicted molar refractivity (Wildman–Crippen MR) is 112 cm³/mol. The first-order valence-electron chi connectivity index (χ1n) is 9.28. The van der Waals surface area contributed by atoms with Crippen LogP contribution in [0.15, 0.2) is 61.5 Å². The maximum Gasteiger partial charge on any atom is 0.151 e. The fraction of sp³-hybridized carbons (Fsp3) is 0.261. The van der Waals surface area contributed by atoms with Crippen molar-refractivity contribution >= 4 is 5.57 Å². The molecular formula is C23H27N3O. The average molecular weight is 361 g/mol. The van der Waals surface area contributed by atoms with Crippen molar-refractivity contribution in [2.24, 2.45) is 0 Å². The monoisotopic (exact) mass is 361 g/mol. The zero-order valence-corrected chi connectivity index (χ0v) is 16.6. The molecule has 3 rings (SSSR count). The van der Waals surface area contributed by atoms with Gasteiger partial charge >= 0.3 is 0 Å². The molecule has 0 unspecified atom stereocenters. The van der Waals surface area contributed by atoms with E-state index in [0.29, 0.717) is 0 Å². The Kier molecular flexibility index (Phi) is 5.65. The summed E-state index contributed by atoms with van der Waals surface area (Å²) in [4.78, 5) is 4.89. The van der Waals surface area contributed by atoms with Crippen LogP contribution in [0, 0.1) is 6.92 Å². The summed E-state index contributed by atoms with van der Waals surface area (Å²) in [5.41, 5.74) is 5.69. The van der Waals surface area contributed by atoms with E-state index in [1.54, 1.807) is 7.11 Å². The number of ether oxygens (including phenoxy) is 1. The Morgan fingerprint density at radius 1 is 1.22 bits per heavy atom. The van der Waals surface area contributed by atoms with Crippen LogP contribution in [0.5, 0.6) is 5.75 Å². The molecule has 0 fully saturated rings. The molecule has 27 heavy (non-hydrogen) atoms. The minimum Gasteiger partial charge on any atom is -0.496 e. The molecule has 140 valence electrons. The minimum atomic E-state index is 0.769. The molecule has 0 radical (unpaired) electrons. The van der Waals surface area contributed by atoms with E-state index in [1.807, 2.05) is 19.2 Å². The Morgan fingerprint density at radius 2 is 2.04 bits per heavy atom. The highest BCUT2D eigenvalue weighted by Crippen LogP contribution is 2.23. The molecule has 0 aliphatic heterocycles. The molecule has 2 aromatic heterocycles. The highest BCUT2D eigenvalue weighted by Gasteiger charge is 2.11. The molecule has 0 N–H and O–H groups in total. The van der Waals surface area contributed by atoms with Crippen LogP contribution in [0.2, 0.25) is 0 Å². The van der Waals surface area contributed by atoms with Crippen molar-refractivity contribution in [1.82, 2.24) is 14.3 Å². The average Bonchev–Trinajstić information content (AvgIpc) is 2.68. The summed E-state index contributed by atoms with van der Waals surface area (Å²) in [6, 6.07) is 10.5. The van der Waals surface area contributed by atoms with Gasteiger partial charge in [-0.2, -0.15) is 0 Å². The second kappa shape index (κ2) is 8.12. The summed E-state index contributed by atoms with van der Waals surface area (Å²) in [5, 5.41) is 0. The van der Waals surface area contributed by atoms with E-state index in [0.717, 1.165) is 46.9 Å². The third-order valence-electron chi connectivity index (χ3n) is 4.84. The first-order chi connectivity index (χ1) is 13.1. The van der Waals surface area contributed by atoms with E-state index in [-0.39, 0.29) is 0 Å². The summed E-state index contributed by atoms with van der Waals surface area (Å²) in [5.74, 6) is 1.85. The van der Waals surface area contributed by atoms with Crippen LogP contribution in [-0.2, 0) is 13.0 Å². The standard InChI is InChI=1S/C23H27N3O/c1-6-19(7-2)20-11-12-23(24-21(20)8-3)26-14-13-25(26)16-18-10-9-17(4)22(15-18)27-5/h6-7,9-15H,1,8,16H2,2-5H3/b19-7+. The second-order valence-corrected chi connectivity index (χ2v) is 6.51. The Hall–Kier alpha value is -3.01. The third-order valence-corrected chi connectivity index (χ3v) is 4.84. The van der Waals surface area contributed by atoms with Crippen LogP contribution in [0.4, 0.5) is 0 Å². The van der Waals surface area contributed by atoms with Gasteiger partial charge in [0.05, 0.1) is 19.3 Å². The van der Waals surface area contributed by atoms with Gasteiger partial charge < -0.3 is 4.74 Å². The quantitative estimate of drug-likeness (QED) is 0.542. The molecule has 2 heterocycles. The normalized spacial score (nSPS) is 11.6. The SMILES string of the molecule is C=C/C(=C\C)c1ccc(-n2ccn2Cc2ccc(C)c(OC)c2)nc1CC. The molecule has 0 saturated heterocycles. The van der Waals surface area contributed by atoms with Gasteiger partial charge in [-0.15, -0.1) is 0 Å². The van der Waals surface area contributed by atoms with Crippen LogP contribution in [0.3, 0.4) is 0 Å². The predicted octanol–water partition coefficient (Wildman–Crippen LogP) is 5.19. The highest BCUT2D eigenvalue weighted by atomic mass is 16.5. The van der Waals surface area contributed by atoms with E-state index in [9.17, 15) is 0 Å². The molecule has 0 aliphatic rings. The molecule has 0 amide bonds. The van der Waals surface area contributed by atoms with E-state index in [1.165, 1.54) is 5.56 Å². The molecule has 0 atom stereocenters. The maximum atomic E-state index is 5.44. The van der Waals surface area contributed by atoms with E-state index >= 15 is 0 Å². The summed E-state index contributed by atoms with van der Waals surface area (Å²) < 4.78 is 9.67. The largest absolute Gasteiger partial charge is 0.496 e. The second-order valence-electron chi connectivity index (χ2n) is 6.51. The molecular weight excluding hydrogens is 334 g/mol. The van der Waals surface area contributed by atoms with Gasteiger partial charge in [0.15, 0.2) is 5.82 Å². The Morgan fingerprint density at radius 3 is 2.63 bits per heavy atom. The van der Waals surface area contributed by atoms with Gasteiger partial charge in [0.1, 0.15) is 5.75 Å². The highest BCUT2D eigenvalue weighted by molar-refractivity contribution is 5.74. The van der Waals surface area contributed by atoms with Gasteiger partial charge in [-0.3, -0.25) is 4.68 Å². The van der Waals surface area contributed by atoms with Crippen molar-refractivity contribution in [3.05, 3.63) is 83.8 Å². The number of methoxy groups -OCH3 is 1. The number of pyridine rings is 1. The van der Waals surface area contributed by atoms with Gasteiger partial charge in [0.25, 0.3) is 0 Å². The van der Waals surface area contributed by atoms with Crippen molar-refractivity contribution in [2.45, 2.75) is 33.7 Å². The molecule has 0 aliphatic carbocycles. The van der Waals surface area contributed by atoms with Gasteiger partial charge in [-0.25, -0.2) is 9.67 Å². The summed E-state index contributed by atoms with van der Waals surface area (Å²) >= 11 is 0. The summed E-state index contributed by atoms with van der Waals surface area (Å²) in [6.07, 6.45) is 8.94. The lowest BCUT2D eigenvalue weighted by molar-refractivity contribution is 0.410. The zero-order valence-electron chi connectivity index (χ0n) is 16.6. The molecule has 1 aromatic carbocycles. The first-order valence-corrected chi connectivity index (χ1v) is 9.28. The molecule has 0 spiro atoms. The lowest BCUT2D eigenvalue weighted by atomic mass is 10.0. The number of benzene rings is 1. The molecule has 0 bridgehead atoms. The maximum absolute atomic E-state index is 5.44. The lowest BCUT2D eigenvalue weighted by Crippen LogP contribution is -2.20. The van der Waals surface area contributed by atoms with Gasteiger partial charge in [-0.05, 0) is 55.2 Å². The number of rotatable bonds is 7. The summed E-state index contributed by atoms with van der Waals surface area (Å²) in [6.45, 7) is 10.9. The van der Waals surface area contributed by atoms with Crippen LogP contribution < -0.4 is 4.74 Å². The van der Waals surface area contributed by atoms with Crippen LogP contribution in [0.25, 0.3) is 11.4 Å². The molecule has 3 aromatic rings. The number of aromatic nitrogens is 3.